The number of para-hydroxylation sites is 1. The van der Waals surface area contributed by atoms with Crippen molar-refractivity contribution in [3.8, 4) is 0 Å². The number of fused-ring (bicyclic) bond motifs is 1. The lowest BCUT2D eigenvalue weighted by molar-refractivity contribution is -0.115. The number of halogens is 1. The maximum absolute atomic E-state index is 12.0. The minimum atomic E-state index is -3.06. The molecule has 8 heteroatoms. The van der Waals surface area contributed by atoms with Crippen molar-refractivity contribution in [2.45, 2.75) is 25.1 Å². The van der Waals surface area contributed by atoms with Gasteiger partial charge in [0.2, 0.25) is 0 Å². The van der Waals surface area contributed by atoms with Gasteiger partial charge in [0.25, 0.3) is 5.91 Å². The topological polar surface area (TPSA) is 66.8 Å². The number of amidine groups is 1. The molecule has 23 heavy (non-hydrogen) atoms. The Labute approximate surface area is 145 Å². The van der Waals surface area contributed by atoms with E-state index in [2.05, 4.69) is 4.99 Å². The van der Waals surface area contributed by atoms with E-state index in [9.17, 15) is 13.2 Å². The van der Waals surface area contributed by atoms with Gasteiger partial charge in [0, 0.05) is 10.9 Å². The molecule has 2 saturated heterocycles. The third-order valence-corrected chi connectivity index (χ3v) is 7.52. The van der Waals surface area contributed by atoms with E-state index in [0.717, 1.165) is 16.8 Å². The number of anilines is 1. The maximum atomic E-state index is 12.0. The molecule has 0 radical (unpaired) electrons. The lowest BCUT2D eigenvalue weighted by Crippen LogP contribution is -2.38. The van der Waals surface area contributed by atoms with Crippen molar-refractivity contribution < 1.29 is 13.2 Å². The zero-order valence-electron chi connectivity index (χ0n) is 12.8. The summed E-state index contributed by atoms with van der Waals surface area (Å²) in [5.41, 5.74) is 2.99. The Morgan fingerprint density at radius 1 is 1.35 bits per heavy atom. The number of thioether (sulfide) groups is 1. The number of hydrogen-bond acceptors (Lipinski definition) is 4. The summed E-state index contributed by atoms with van der Waals surface area (Å²) in [6.45, 7) is 3.95. The Hall–Kier alpha value is -1.05. The van der Waals surface area contributed by atoms with Crippen LogP contribution in [0.1, 0.15) is 11.1 Å². The Morgan fingerprint density at radius 2 is 2.00 bits per heavy atom. The van der Waals surface area contributed by atoms with Crippen molar-refractivity contribution in [2.75, 3.05) is 22.3 Å². The van der Waals surface area contributed by atoms with Gasteiger partial charge < -0.3 is 4.90 Å². The molecule has 3 rings (SSSR count). The fraction of sp³-hybridized carbons (Fsp3) is 0.467. The first-order valence-corrected chi connectivity index (χ1v) is 10.5. The van der Waals surface area contributed by atoms with Gasteiger partial charge in [0.15, 0.2) is 15.0 Å². The number of nitrogens with zero attached hydrogens (tertiary/aromatic N) is 2. The van der Waals surface area contributed by atoms with E-state index in [0.29, 0.717) is 5.17 Å². The smallest absolute Gasteiger partial charge is 0.262 e. The van der Waals surface area contributed by atoms with Gasteiger partial charge in [-0.05, 0) is 25.0 Å². The minimum absolute atomic E-state index is 0.0898. The molecular formula is C15H17ClN2O3S2. The molecule has 2 atom stereocenters. The summed E-state index contributed by atoms with van der Waals surface area (Å²) in [5, 5.41) is 0.457. The van der Waals surface area contributed by atoms with Crippen molar-refractivity contribution in [3.63, 3.8) is 0 Å². The Kier molecular flexibility index (Phi) is 4.46. The zero-order chi connectivity index (χ0) is 16.8. The van der Waals surface area contributed by atoms with E-state index < -0.39 is 15.7 Å². The predicted molar refractivity (Wildman–Crippen MR) is 95.4 cm³/mol. The van der Waals surface area contributed by atoms with Crippen LogP contribution in [0.15, 0.2) is 23.2 Å². The third-order valence-electron chi connectivity index (χ3n) is 4.08. The molecule has 0 aliphatic carbocycles. The zero-order valence-corrected chi connectivity index (χ0v) is 15.2. The minimum Gasteiger partial charge on any atom is -0.315 e. The van der Waals surface area contributed by atoms with E-state index in [1.807, 2.05) is 36.9 Å². The predicted octanol–water partition coefficient (Wildman–Crippen LogP) is 2.14. The average Bonchev–Trinajstić information content (AvgIpc) is 2.91. The Morgan fingerprint density at radius 3 is 2.61 bits per heavy atom. The number of alkyl halides is 1. The number of amides is 1. The average molecular weight is 373 g/mol. The largest absolute Gasteiger partial charge is 0.315 e. The van der Waals surface area contributed by atoms with Crippen LogP contribution in [0.3, 0.4) is 0 Å². The molecule has 124 valence electrons. The maximum Gasteiger partial charge on any atom is 0.262 e. The van der Waals surface area contributed by atoms with Crippen molar-refractivity contribution in [2.24, 2.45) is 4.99 Å². The van der Waals surface area contributed by atoms with Crippen LogP contribution in [0.25, 0.3) is 0 Å². The molecular weight excluding hydrogens is 356 g/mol. The molecule has 1 aromatic rings. The third kappa shape index (κ3) is 3.14. The van der Waals surface area contributed by atoms with Crippen molar-refractivity contribution in [1.82, 2.24) is 0 Å². The highest BCUT2D eigenvalue weighted by atomic mass is 35.5. The van der Waals surface area contributed by atoms with E-state index in [-0.39, 0.29) is 28.7 Å². The fourth-order valence-corrected chi connectivity index (χ4v) is 7.13. The highest BCUT2D eigenvalue weighted by Gasteiger charge is 2.49. The fourth-order valence-electron chi connectivity index (χ4n) is 3.15. The van der Waals surface area contributed by atoms with Crippen LogP contribution in [0.5, 0.6) is 0 Å². The highest BCUT2D eigenvalue weighted by Crippen LogP contribution is 2.42. The number of sulfone groups is 1. The van der Waals surface area contributed by atoms with Crippen molar-refractivity contribution >= 4 is 50.0 Å². The molecule has 0 N–H and O–H groups in total. The quantitative estimate of drug-likeness (QED) is 0.744. The van der Waals surface area contributed by atoms with Gasteiger partial charge in [0.1, 0.15) is 5.88 Å². The second-order valence-electron chi connectivity index (χ2n) is 5.83. The number of hydrogen-bond donors (Lipinski definition) is 0. The highest BCUT2D eigenvalue weighted by molar-refractivity contribution is 8.16. The molecule has 0 spiro atoms. The van der Waals surface area contributed by atoms with Crippen LogP contribution in [-0.2, 0) is 14.6 Å². The summed E-state index contributed by atoms with van der Waals surface area (Å²) < 4.78 is 24.0. The molecule has 0 unspecified atom stereocenters. The van der Waals surface area contributed by atoms with Gasteiger partial charge in [0.05, 0.1) is 17.5 Å². The molecule has 1 aromatic carbocycles. The van der Waals surface area contributed by atoms with E-state index in [1.165, 1.54) is 11.8 Å². The van der Waals surface area contributed by atoms with Crippen molar-refractivity contribution in [1.29, 1.82) is 0 Å². The van der Waals surface area contributed by atoms with Gasteiger partial charge >= 0.3 is 0 Å². The number of carbonyl (C=O) groups excluding carboxylic acids is 1. The Balaban J connectivity index is 2.11. The van der Waals surface area contributed by atoms with Gasteiger partial charge in [-0.25, -0.2) is 8.42 Å². The van der Waals surface area contributed by atoms with Crippen LogP contribution in [0.2, 0.25) is 0 Å². The van der Waals surface area contributed by atoms with E-state index in [1.54, 1.807) is 0 Å². The normalized spacial score (nSPS) is 27.4. The number of carbonyl (C=O) groups is 1. The van der Waals surface area contributed by atoms with Crippen molar-refractivity contribution in [3.05, 3.63) is 29.3 Å². The second kappa shape index (κ2) is 6.11. The van der Waals surface area contributed by atoms with Gasteiger partial charge in [-0.15, -0.1) is 11.6 Å². The summed E-state index contributed by atoms with van der Waals surface area (Å²) >= 11 is 6.94. The van der Waals surface area contributed by atoms with E-state index in [4.69, 9.17) is 11.6 Å². The number of aryl methyl sites for hydroxylation is 2. The summed E-state index contributed by atoms with van der Waals surface area (Å²) in [7, 11) is -3.06. The standard InChI is InChI=1S/C15H17ClN2O3S2/c1-9-4-3-5-10(2)14(9)18-11-7-23(20,21)8-12(11)22-15(18)17-13(19)6-16/h3-5,11-12H,6-8H2,1-2H3/t11-,12-/m0/s1. The van der Waals surface area contributed by atoms with Gasteiger partial charge in [-0.3, -0.25) is 4.79 Å². The summed E-state index contributed by atoms with van der Waals surface area (Å²) in [6.07, 6.45) is 0. The van der Waals surface area contributed by atoms with E-state index >= 15 is 0 Å². The summed E-state index contributed by atoms with van der Waals surface area (Å²) in [4.78, 5) is 17.7. The molecule has 2 fully saturated rings. The molecule has 0 saturated carbocycles. The molecule has 2 aliphatic rings. The number of rotatable bonds is 2. The monoisotopic (exact) mass is 372 g/mol. The molecule has 0 aromatic heterocycles. The number of benzene rings is 1. The lowest BCUT2D eigenvalue weighted by atomic mass is 10.1. The van der Waals surface area contributed by atoms with Crippen LogP contribution < -0.4 is 4.90 Å². The second-order valence-corrected chi connectivity index (χ2v) is 9.46. The van der Waals surface area contributed by atoms with Crippen LogP contribution >= 0.6 is 23.4 Å². The molecule has 2 heterocycles. The first kappa shape index (κ1) is 16.8. The molecule has 2 aliphatic heterocycles. The molecule has 0 bridgehead atoms. The summed E-state index contributed by atoms with van der Waals surface area (Å²) in [5.74, 6) is -0.379. The molecule has 5 nitrogen and oxygen atoms in total. The number of aliphatic imine (C=N–C) groups is 1. The Bertz CT molecular complexity index is 772. The van der Waals surface area contributed by atoms with Gasteiger partial charge in [-0.2, -0.15) is 4.99 Å². The summed E-state index contributed by atoms with van der Waals surface area (Å²) in [6, 6.07) is 5.72. The van der Waals surface area contributed by atoms with Gasteiger partial charge in [-0.1, -0.05) is 30.0 Å². The SMILES string of the molecule is Cc1cccc(C)c1N1C(=NC(=O)CCl)S[C@H]2CS(=O)(=O)C[C@@H]21. The first-order chi connectivity index (χ1) is 10.8. The lowest BCUT2D eigenvalue weighted by Gasteiger charge is -2.27. The van der Waals surface area contributed by atoms with Crippen LogP contribution in [0.4, 0.5) is 5.69 Å². The first-order valence-electron chi connectivity index (χ1n) is 7.22. The van der Waals surface area contributed by atoms with Crippen LogP contribution in [0, 0.1) is 13.8 Å². The molecule has 1 amide bonds. The van der Waals surface area contributed by atoms with Crippen LogP contribution in [-0.4, -0.2) is 48.2 Å².